The van der Waals surface area contributed by atoms with E-state index >= 15 is 0 Å². The molecule has 2 N–H and O–H groups in total. The molecule has 1 amide bonds. The molecule has 0 fully saturated rings. The Hall–Kier alpha value is -2.87. The molecule has 0 atom stereocenters. The number of hydrogen-bond donors (Lipinski definition) is 2. The first-order valence-electron chi connectivity index (χ1n) is 8.78. The van der Waals surface area contributed by atoms with Gasteiger partial charge in [0.15, 0.2) is 5.58 Å². The van der Waals surface area contributed by atoms with Crippen LogP contribution >= 0.6 is 0 Å². The van der Waals surface area contributed by atoms with Gasteiger partial charge in [-0.2, -0.15) is 0 Å². The van der Waals surface area contributed by atoms with E-state index in [2.05, 4.69) is 15.0 Å². The van der Waals surface area contributed by atoms with Crippen LogP contribution in [0.4, 0.5) is 11.4 Å². The first kappa shape index (κ1) is 19.9. The summed E-state index contributed by atoms with van der Waals surface area (Å²) in [6, 6.07) is 12.1. The highest BCUT2D eigenvalue weighted by atomic mass is 32.2. The zero-order chi connectivity index (χ0) is 20.5. The molecule has 1 aromatic heterocycles. The average Bonchev–Trinajstić information content (AvgIpc) is 2.99. The van der Waals surface area contributed by atoms with Crippen LogP contribution in [-0.2, 0) is 26.7 Å². The highest BCUT2D eigenvalue weighted by molar-refractivity contribution is 7.92. The van der Waals surface area contributed by atoms with Crippen molar-refractivity contribution in [3.05, 3.63) is 53.9 Å². The second-order valence-electron chi connectivity index (χ2n) is 7.71. The highest BCUT2D eigenvalue weighted by Crippen LogP contribution is 2.27. The number of hydrogen-bond acceptors (Lipinski definition) is 5. The van der Waals surface area contributed by atoms with E-state index in [1.54, 1.807) is 42.5 Å². The molecule has 0 spiro atoms. The summed E-state index contributed by atoms with van der Waals surface area (Å²) < 4.78 is 31.2. The number of sulfonamides is 1. The molecule has 8 heteroatoms. The Labute approximate surface area is 164 Å². The summed E-state index contributed by atoms with van der Waals surface area (Å²) in [5.41, 5.74) is 2.69. The number of rotatable bonds is 5. The van der Waals surface area contributed by atoms with Crippen molar-refractivity contribution in [2.75, 3.05) is 16.3 Å². The maximum Gasteiger partial charge on any atom is 0.229 e. The molecule has 7 nitrogen and oxygen atoms in total. The van der Waals surface area contributed by atoms with Crippen molar-refractivity contribution in [1.82, 2.24) is 4.98 Å². The van der Waals surface area contributed by atoms with Crippen LogP contribution in [0.15, 0.2) is 46.9 Å². The lowest BCUT2D eigenvalue weighted by atomic mass is 9.97. The molecule has 0 radical (unpaired) electrons. The minimum atomic E-state index is -3.43. The van der Waals surface area contributed by atoms with Crippen LogP contribution < -0.4 is 10.0 Å². The molecule has 0 unspecified atom stereocenters. The Balaban J connectivity index is 1.77. The first-order valence-corrected chi connectivity index (χ1v) is 10.7. The Kier molecular flexibility index (Phi) is 5.16. The van der Waals surface area contributed by atoms with Gasteiger partial charge in [-0.15, -0.1) is 0 Å². The molecule has 0 saturated heterocycles. The molecule has 0 bridgehead atoms. The molecule has 0 aliphatic heterocycles. The number of aromatic nitrogens is 1. The summed E-state index contributed by atoms with van der Waals surface area (Å²) >= 11 is 0. The van der Waals surface area contributed by atoms with Gasteiger partial charge in [-0.1, -0.05) is 39.0 Å². The molecule has 148 valence electrons. The van der Waals surface area contributed by atoms with E-state index in [1.165, 1.54) is 0 Å². The Morgan fingerprint density at radius 1 is 1.14 bits per heavy atom. The van der Waals surface area contributed by atoms with Gasteiger partial charge in [-0.05, 0) is 29.8 Å². The molecular formula is C20H23N3O4S. The molecule has 2 aromatic carbocycles. The van der Waals surface area contributed by atoms with Crippen LogP contribution in [0.3, 0.4) is 0 Å². The molecule has 3 aromatic rings. The average molecular weight is 401 g/mol. The van der Waals surface area contributed by atoms with Crippen molar-refractivity contribution in [3.8, 4) is 0 Å². The van der Waals surface area contributed by atoms with Gasteiger partial charge in [0.25, 0.3) is 0 Å². The Morgan fingerprint density at radius 2 is 1.86 bits per heavy atom. The van der Waals surface area contributed by atoms with Gasteiger partial charge in [0.05, 0.1) is 18.4 Å². The quantitative estimate of drug-likeness (QED) is 0.679. The van der Waals surface area contributed by atoms with Crippen LogP contribution in [0, 0.1) is 0 Å². The second-order valence-corrected chi connectivity index (χ2v) is 9.46. The molecule has 3 rings (SSSR count). The highest BCUT2D eigenvalue weighted by Gasteiger charge is 2.21. The number of oxazole rings is 1. The van der Waals surface area contributed by atoms with Crippen molar-refractivity contribution in [1.29, 1.82) is 0 Å². The summed E-state index contributed by atoms with van der Waals surface area (Å²) in [4.78, 5) is 17.0. The number of anilines is 2. The monoisotopic (exact) mass is 401 g/mol. The van der Waals surface area contributed by atoms with E-state index in [9.17, 15) is 13.2 Å². The predicted molar refractivity (Wildman–Crippen MR) is 110 cm³/mol. The number of benzene rings is 2. The van der Waals surface area contributed by atoms with Crippen LogP contribution in [0.5, 0.6) is 0 Å². The fraction of sp³-hybridized carbons (Fsp3) is 0.300. The van der Waals surface area contributed by atoms with Crippen LogP contribution in [-0.4, -0.2) is 25.6 Å². The maximum absolute atomic E-state index is 12.5. The fourth-order valence-corrected chi connectivity index (χ4v) is 3.28. The number of nitrogens with one attached hydrogen (secondary N) is 2. The third-order valence-electron chi connectivity index (χ3n) is 3.98. The lowest BCUT2D eigenvalue weighted by Crippen LogP contribution is -2.17. The topological polar surface area (TPSA) is 101 Å². The van der Waals surface area contributed by atoms with Gasteiger partial charge in [-0.3, -0.25) is 9.52 Å². The zero-order valence-electron chi connectivity index (χ0n) is 16.2. The van der Waals surface area contributed by atoms with Crippen LogP contribution in [0.1, 0.15) is 32.2 Å². The third kappa shape index (κ3) is 4.89. The van der Waals surface area contributed by atoms with Gasteiger partial charge in [-0.25, -0.2) is 13.4 Å². The van der Waals surface area contributed by atoms with Gasteiger partial charge in [0.2, 0.25) is 21.8 Å². The third-order valence-corrected chi connectivity index (χ3v) is 4.57. The zero-order valence-corrected chi connectivity index (χ0v) is 17.1. The lowest BCUT2D eigenvalue weighted by Gasteiger charge is -2.11. The summed E-state index contributed by atoms with van der Waals surface area (Å²) in [6.45, 7) is 6.05. The van der Waals surface area contributed by atoms with Crippen LogP contribution in [0.25, 0.3) is 11.1 Å². The minimum Gasteiger partial charge on any atom is -0.440 e. The number of nitrogens with zero attached hydrogens (tertiary/aromatic N) is 1. The van der Waals surface area contributed by atoms with E-state index in [1.807, 2.05) is 20.8 Å². The summed E-state index contributed by atoms with van der Waals surface area (Å²) in [6.07, 6.45) is 1.10. The van der Waals surface area contributed by atoms with Crippen molar-refractivity contribution in [2.45, 2.75) is 32.6 Å². The van der Waals surface area contributed by atoms with Gasteiger partial charge in [0.1, 0.15) is 5.52 Å². The normalized spacial score (nSPS) is 12.1. The molecule has 1 heterocycles. The summed E-state index contributed by atoms with van der Waals surface area (Å²) in [7, 11) is -3.43. The predicted octanol–water partition coefficient (Wildman–Crippen LogP) is 3.68. The standard InChI is InChI=1S/C20H23N3O4S/c1-20(2,3)19-22-16-12-14(9-10-17(16)27-19)21-18(24)11-13-7-5-6-8-15(13)23-28(4,25)26/h5-10,12,23H,11H2,1-4H3,(H,21,24). The Bertz CT molecular complexity index is 1130. The summed E-state index contributed by atoms with van der Waals surface area (Å²) in [5, 5.41) is 2.82. The van der Waals surface area contributed by atoms with E-state index in [4.69, 9.17) is 4.42 Å². The maximum atomic E-state index is 12.5. The van der Waals surface area contributed by atoms with Gasteiger partial charge < -0.3 is 9.73 Å². The van der Waals surface area contributed by atoms with Crippen molar-refractivity contribution < 1.29 is 17.6 Å². The fourth-order valence-electron chi connectivity index (χ4n) is 2.68. The molecule has 28 heavy (non-hydrogen) atoms. The number of carbonyl (C=O) groups excluding carboxylic acids is 1. The van der Waals surface area contributed by atoms with Gasteiger partial charge >= 0.3 is 0 Å². The molecule has 0 aliphatic rings. The Morgan fingerprint density at radius 3 is 2.54 bits per heavy atom. The largest absolute Gasteiger partial charge is 0.440 e. The van der Waals surface area contributed by atoms with Crippen molar-refractivity contribution >= 4 is 38.4 Å². The molecule has 0 saturated carbocycles. The number of carbonyl (C=O) groups is 1. The van der Waals surface area contributed by atoms with Crippen molar-refractivity contribution in [2.24, 2.45) is 0 Å². The molecular weight excluding hydrogens is 378 g/mol. The number of fused-ring (bicyclic) bond motifs is 1. The summed E-state index contributed by atoms with van der Waals surface area (Å²) in [5.74, 6) is 0.369. The van der Waals surface area contributed by atoms with Crippen LogP contribution in [0.2, 0.25) is 0 Å². The van der Waals surface area contributed by atoms with E-state index in [0.29, 0.717) is 33.9 Å². The van der Waals surface area contributed by atoms with E-state index in [-0.39, 0.29) is 17.7 Å². The first-order chi connectivity index (χ1) is 13.0. The second kappa shape index (κ2) is 7.27. The smallest absolute Gasteiger partial charge is 0.229 e. The minimum absolute atomic E-state index is 0.0305. The lowest BCUT2D eigenvalue weighted by molar-refractivity contribution is -0.115. The van der Waals surface area contributed by atoms with E-state index in [0.717, 1.165) is 6.26 Å². The van der Waals surface area contributed by atoms with Crippen molar-refractivity contribution in [3.63, 3.8) is 0 Å². The molecule has 0 aliphatic carbocycles. The number of para-hydroxylation sites is 1. The van der Waals surface area contributed by atoms with E-state index < -0.39 is 10.0 Å². The van der Waals surface area contributed by atoms with Gasteiger partial charge in [0, 0.05) is 11.1 Å². The SMILES string of the molecule is CC(C)(C)c1nc2cc(NC(=O)Cc3ccccc3NS(C)(=O)=O)ccc2o1. The number of amides is 1.